The minimum atomic E-state index is -0.972. The van der Waals surface area contributed by atoms with Crippen LogP contribution in [0.5, 0.6) is 0 Å². The van der Waals surface area contributed by atoms with Crippen LogP contribution in [0, 0.1) is 0 Å². The first-order valence-corrected chi connectivity index (χ1v) is 4.88. The second kappa shape index (κ2) is 4.44. The molecule has 1 atom stereocenters. The van der Waals surface area contributed by atoms with Gasteiger partial charge < -0.3 is 4.55 Å². The van der Waals surface area contributed by atoms with Crippen molar-refractivity contribution in [2.45, 2.75) is 25.5 Å². The lowest BCUT2D eigenvalue weighted by Crippen LogP contribution is -2.40. The summed E-state index contributed by atoms with van der Waals surface area (Å²) in [7, 11) is 0. The van der Waals surface area contributed by atoms with Crippen molar-refractivity contribution in [3.05, 3.63) is 0 Å². The molecule has 0 aliphatic rings. The van der Waals surface area contributed by atoms with Crippen molar-refractivity contribution in [3.8, 4) is 0 Å². The highest BCUT2D eigenvalue weighted by molar-refractivity contribution is 7.90. The lowest BCUT2D eigenvalue weighted by Gasteiger charge is -2.23. The molecule has 4 heteroatoms. The topological polar surface area (TPSA) is 35.1 Å². The summed E-state index contributed by atoms with van der Waals surface area (Å²) in [5, 5.41) is 0. The van der Waals surface area contributed by atoms with E-state index in [1.165, 1.54) is 0 Å². The van der Waals surface area contributed by atoms with E-state index < -0.39 is 11.4 Å². The van der Waals surface area contributed by atoms with Crippen LogP contribution in [0.1, 0.15) is 20.8 Å². The molecule has 0 bridgehead atoms. The summed E-state index contributed by atoms with van der Waals surface area (Å²) in [6.45, 7) is 6.37. The molecule has 1 N–H and O–H groups in total. The summed E-state index contributed by atoms with van der Waals surface area (Å²) in [4.78, 5) is 0. The third kappa shape index (κ3) is 4.39. The van der Waals surface area contributed by atoms with Crippen molar-refractivity contribution < 1.29 is 4.55 Å². The first-order chi connectivity index (χ1) is 4.48. The summed E-state index contributed by atoms with van der Waals surface area (Å²) >= 11 is 4.43. The second-order valence-electron chi connectivity index (χ2n) is 2.96. The van der Waals surface area contributed by atoms with Crippen LogP contribution in [0.2, 0.25) is 0 Å². The van der Waals surface area contributed by atoms with Gasteiger partial charge in [0, 0.05) is 17.2 Å². The van der Waals surface area contributed by atoms with Gasteiger partial charge in [0.25, 0.3) is 0 Å². The molecule has 10 heavy (non-hydrogen) atoms. The Labute approximate surface area is 70.6 Å². The monoisotopic (exact) mass is 183 g/mol. The summed E-state index contributed by atoms with van der Waals surface area (Å²) < 4.78 is 13.8. The SMILES string of the molecule is CC(C)(C)[S+]([O-])NCCCl. The number of hydrogen-bond donors (Lipinski definition) is 1. The standard InChI is InChI=1S/C6H14ClNOS/c1-6(2,3)10(9)8-5-4-7/h8H,4-5H2,1-3H3. The van der Waals surface area contributed by atoms with Gasteiger partial charge in [0.1, 0.15) is 4.75 Å². The van der Waals surface area contributed by atoms with E-state index in [4.69, 9.17) is 11.6 Å². The van der Waals surface area contributed by atoms with Gasteiger partial charge in [-0.3, -0.25) is 0 Å². The molecule has 0 heterocycles. The Bertz CT molecular complexity index is 94.2. The highest BCUT2D eigenvalue weighted by Gasteiger charge is 2.25. The Morgan fingerprint density at radius 2 is 2.00 bits per heavy atom. The minimum Gasteiger partial charge on any atom is -0.598 e. The number of halogens is 1. The van der Waals surface area contributed by atoms with Gasteiger partial charge in [-0.2, -0.15) is 0 Å². The maximum atomic E-state index is 11.2. The van der Waals surface area contributed by atoms with E-state index in [1.54, 1.807) is 0 Å². The Morgan fingerprint density at radius 3 is 2.30 bits per heavy atom. The summed E-state index contributed by atoms with van der Waals surface area (Å²) in [5.74, 6) is 0.502. The number of hydrogen-bond acceptors (Lipinski definition) is 2. The average Bonchev–Trinajstić information content (AvgIpc) is 1.80. The second-order valence-corrected chi connectivity index (χ2v) is 5.39. The van der Waals surface area contributed by atoms with Gasteiger partial charge in [-0.1, -0.05) is 0 Å². The molecule has 0 saturated heterocycles. The largest absolute Gasteiger partial charge is 0.598 e. The predicted molar refractivity (Wildman–Crippen MR) is 46.6 cm³/mol. The molecule has 0 radical (unpaired) electrons. The third-order valence-electron chi connectivity index (χ3n) is 0.884. The Kier molecular flexibility index (Phi) is 4.69. The normalized spacial score (nSPS) is 15.3. The fourth-order valence-electron chi connectivity index (χ4n) is 0.348. The van der Waals surface area contributed by atoms with Gasteiger partial charge in [-0.15, -0.1) is 16.3 Å². The quantitative estimate of drug-likeness (QED) is 0.529. The van der Waals surface area contributed by atoms with Crippen LogP contribution in [-0.2, 0) is 11.4 Å². The summed E-state index contributed by atoms with van der Waals surface area (Å²) in [6, 6.07) is 0. The van der Waals surface area contributed by atoms with Crippen molar-refractivity contribution in [1.82, 2.24) is 4.72 Å². The molecule has 0 spiro atoms. The van der Waals surface area contributed by atoms with Crippen molar-refractivity contribution in [1.29, 1.82) is 0 Å². The molecule has 0 aliphatic heterocycles. The molecule has 0 aromatic heterocycles. The van der Waals surface area contributed by atoms with E-state index in [-0.39, 0.29) is 4.75 Å². The number of rotatable bonds is 3. The maximum Gasteiger partial charge on any atom is 0.136 e. The maximum absolute atomic E-state index is 11.2. The molecular formula is C6H14ClNOS. The van der Waals surface area contributed by atoms with Crippen LogP contribution in [0.4, 0.5) is 0 Å². The van der Waals surface area contributed by atoms with Gasteiger partial charge in [0.2, 0.25) is 0 Å². The molecule has 0 aromatic rings. The molecule has 0 amide bonds. The van der Waals surface area contributed by atoms with Gasteiger partial charge in [0.15, 0.2) is 0 Å². The highest BCUT2D eigenvalue weighted by Crippen LogP contribution is 2.12. The predicted octanol–water partition coefficient (Wildman–Crippen LogP) is 1.28. The van der Waals surface area contributed by atoms with Crippen molar-refractivity contribution >= 4 is 23.0 Å². The summed E-state index contributed by atoms with van der Waals surface area (Å²) in [6.07, 6.45) is 0. The van der Waals surface area contributed by atoms with E-state index >= 15 is 0 Å². The van der Waals surface area contributed by atoms with Gasteiger partial charge in [-0.25, -0.2) is 0 Å². The van der Waals surface area contributed by atoms with Crippen LogP contribution >= 0.6 is 11.6 Å². The Hall–Kier alpha value is 0.560. The molecular weight excluding hydrogens is 170 g/mol. The smallest absolute Gasteiger partial charge is 0.136 e. The van der Waals surface area contributed by atoms with E-state index in [1.807, 2.05) is 20.8 Å². The third-order valence-corrected chi connectivity index (χ3v) is 2.65. The molecule has 0 rings (SSSR count). The zero-order valence-corrected chi connectivity index (χ0v) is 8.18. The Morgan fingerprint density at radius 1 is 1.50 bits per heavy atom. The van der Waals surface area contributed by atoms with Gasteiger partial charge in [-0.05, 0) is 20.8 Å². The van der Waals surface area contributed by atoms with E-state index in [0.29, 0.717) is 12.4 Å². The van der Waals surface area contributed by atoms with Crippen molar-refractivity contribution in [3.63, 3.8) is 0 Å². The van der Waals surface area contributed by atoms with Crippen LogP contribution in [-0.4, -0.2) is 21.7 Å². The highest BCUT2D eigenvalue weighted by atomic mass is 35.5. The van der Waals surface area contributed by atoms with Gasteiger partial charge in [0.05, 0.1) is 6.54 Å². The van der Waals surface area contributed by atoms with Crippen molar-refractivity contribution in [2.24, 2.45) is 0 Å². The minimum absolute atomic E-state index is 0.188. The molecule has 0 saturated carbocycles. The molecule has 2 nitrogen and oxygen atoms in total. The van der Waals surface area contributed by atoms with E-state index in [2.05, 4.69) is 4.72 Å². The van der Waals surface area contributed by atoms with Crippen LogP contribution < -0.4 is 4.72 Å². The molecule has 1 unspecified atom stereocenters. The zero-order chi connectivity index (χ0) is 8.20. The van der Waals surface area contributed by atoms with Crippen LogP contribution in [0.25, 0.3) is 0 Å². The molecule has 0 aliphatic carbocycles. The molecule has 0 fully saturated rings. The number of nitrogens with one attached hydrogen (secondary N) is 1. The van der Waals surface area contributed by atoms with Crippen LogP contribution in [0.15, 0.2) is 0 Å². The zero-order valence-electron chi connectivity index (χ0n) is 6.61. The first-order valence-electron chi connectivity index (χ1n) is 3.20. The molecule has 62 valence electrons. The lowest BCUT2D eigenvalue weighted by molar-refractivity contribution is 0.546. The first kappa shape index (κ1) is 10.6. The van der Waals surface area contributed by atoms with E-state index in [9.17, 15) is 4.55 Å². The average molecular weight is 184 g/mol. The lowest BCUT2D eigenvalue weighted by atomic mass is 10.3. The van der Waals surface area contributed by atoms with Crippen LogP contribution in [0.3, 0.4) is 0 Å². The van der Waals surface area contributed by atoms with Gasteiger partial charge >= 0.3 is 0 Å². The van der Waals surface area contributed by atoms with E-state index in [0.717, 1.165) is 0 Å². The Balaban J connectivity index is 3.52. The number of alkyl halides is 1. The fraction of sp³-hybridized carbons (Fsp3) is 1.00. The van der Waals surface area contributed by atoms with Crippen molar-refractivity contribution in [2.75, 3.05) is 12.4 Å². The fourth-order valence-corrected chi connectivity index (χ4v) is 1.27. The molecule has 0 aromatic carbocycles. The summed E-state index contributed by atoms with van der Waals surface area (Å²) in [5.41, 5.74) is 0.